The van der Waals surface area contributed by atoms with Crippen LogP contribution >= 0.6 is 0 Å². The Hall–Kier alpha value is -0.880. The van der Waals surface area contributed by atoms with E-state index in [0.29, 0.717) is 12.1 Å². The van der Waals surface area contributed by atoms with E-state index in [4.69, 9.17) is 5.73 Å². The Morgan fingerprint density at radius 3 is 3.19 bits per heavy atom. The van der Waals surface area contributed by atoms with Crippen molar-refractivity contribution in [2.24, 2.45) is 17.6 Å². The van der Waals surface area contributed by atoms with E-state index in [-0.39, 0.29) is 0 Å². The SMILES string of the molecule is NCCCNCC1CCCN(CC2CC3=C(CN2)NC2C=CCCC32)C1. The molecule has 5 nitrogen and oxygen atoms in total. The molecule has 26 heavy (non-hydrogen) atoms. The quantitative estimate of drug-likeness (QED) is 0.406. The van der Waals surface area contributed by atoms with Gasteiger partial charge in [0.15, 0.2) is 0 Å². The van der Waals surface area contributed by atoms with E-state index < -0.39 is 0 Å². The second-order valence-electron chi connectivity index (χ2n) is 8.68. The highest BCUT2D eigenvalue weighted by Gasteiger charge is 2.37. The van der Waals surface area contributed by atoms with Gasteiger partial charge in [-0.2, -0.15) is 0 Å². The first-order valence-corrected chi connectivity index (χ1v) is 10.8. The lowest BCUT2D eigenvalue weighted by Gasteiger charge is -2.37. The number of fused-ring (bicyclic) bond motifs is 2. The molecule has 0 aromatic carbocycles. The number of rotatable bonds is 7. The van der Waals surface area contributed by atoms with Crippen LogP contribution in [0.25, 0.3) is 0 Å². The number of nitrogens with zero attached hydrogens (tertiary/aromatic N) is 1. The fraction of sp³-hybridized carbons (Fsp3) is 0.810. The minimum Gasteiger partial charge on any atom is -0.381 e. The summed E-state index contributed by atoms with van der Waals surface area (Å²) in [7, 11) is 0. The van der Waals surface area contributed by atoms with Gasteiger partial charge in [0.25, 0.3) is 0 Å². The first-order chi connectivity index (χ1) is 12.8. The molecule has 1 fully saturated rings. The summed E-state index contributed by atoms with van der Waals surface area (Å²) < 4.78 is 0. The second kappa shape index (κ2) is 8.87. The Balaban J connectivity index is 1.25. The molecule has 3 heterocycles. The lowest BCUT2D eigenvalue weighted by molar-refractivity contribution is 0.155. The number of hydrogen-bond donors (Lipinski definition) is 4. The zero-order chi connectivity index (χ0) is 17.8. The molecule has 1 saturated heterocycles. The van der Waals surface area contributed by atoms with Crippen molar-refractivity contribution in [3.8, 4) is 0 Å². The van der Waals surface area contributed by atoms with Gasteiger partial charge < -0.3 is 26.6 Å². The summed E-state index contributed by atoms with van der Waals surface area (Å²) in [5, 5.41) is 11.2. The van der Waals surface area contributed by atoms with Crippen molar-refractivity contribution in [2.75, 3.05) is 45.8 Å². The third-order valence-corrected chi connectivity index (χ3v) is 6.70. The molecule has 0 amide bonds. The van der Waals surface area contributed by atoms with E-state index in [9.17, 15) is 0 Å². The van der Waals surface area contributed by atoms with Crippen molar-refractivity contribution >= 4 is 0 Å². The van der Waals surface area contributed by atoms with E-state index >= 15 is 0 Å². The smallest absolute Gasteiger partial charge is 0.0508 e. The molecule has 4 unspecified atom stereocenters. The van der Waals surface area contributed by atoms with Crippen LogP contribution in [-0.4, -0.2) is 62.8 Å². The second-order valence-corrected chi connectivity index (χ2v) is 8.68. The highest BCUT2D eigenvalue weighted by Crippen LogP contribution is 2.37. The third-order valence-electron chi connectivity index (χ3n) is 6.70. The van der Waals surface area contributed by atoms with Crippen molar-refractivity contribution in [1.82, 2.24) is 20.9 Å². The largest absolute Gasteiger partial charge is 0.381 e. The summed E-state index contributed by atoms with van der Waals surface area (Å²) in [5.74, 6) is 1.57. The average Bonchev–Trinajstić information content (AvgIpc) is 3.04. The van der Waals surface area contributed by atoms with Gasteiger partial charge in [0.1, 0.15) is 0 Å². The van der Waals surface area contributed by atoms with Crippen LogP contribution in [0, 0.1) is 11.8 Å². The molecule has 3 aliphatic heterocycles. The molecule has 5 N–H and O–H groups in total. The van der Waals surface area contributed by atoms with Crippen LogP contribution in [0.5, 0.6) is 0 Å². The molecule has 0 aromatic heterocycles. The molecule has 4 atom stereocenters. The number of nitrogens with two attached hydrogens (primary N) is 1. The number of likely N-dealkylation sites (tertiary alicyclic amines) is 1. The van der Waals surface area contributed by atoms with E-state index in [1.165, 1.54) is 57.4 Å². The van der Waals surface area contributed by atoms with Gasteiger partial charge in [0.05, 0.1) is 6.04 Å². The summed E-state index contributed by atoms with van der Waals surface area (Å²) >= 11 is 0. The summed E-state index contributed by atoms with van der Waals surface area (Å²) in [5.41, 5.74) is 8.82. The fourth-order valence-corrected chi connectivity index (χ4v) is 5.37. The van der Waals surface area contributed by atoms with Gasteiger partial charge in [-0.15, -0.1) is 0 Å². The molecular weight excluding hydrogens is 322 g/mol. The summed E-state index contributed by atoms with van der Waals surface area (Å²) in [6.07, 6.45) is 12.4. The van der Waals surface area contributed by atoms with Crippen molar-refractivity contribution in [2.45, 2.75) is 50.6 Å². The van der Waals surface area contributed by atoms with Crippen LogP contribution in [0.2, 0.25) is 0 Å². The van der Waals surface area contributed by atoms with Crippen molar-refractivity contribution in [3.05, 3.63) is 23.4 Å². The van der Waals surface area contributed by atoms with Crippen LogP contribution in [0.3, 0.4) is 0 Å². The molecular formula is C21H37N5. The zero-order valence-electron chi connectivity index (χ0n) is 16.2. The predicted molar refractivity (Wildman–Crippen MR) is 108 cm³/mol. The monoisotopic (exact) mass is 359 g/mol. The molecule has 1 aliphatic carbocycles. The zero-order valence-corrected chi connectivity index (χ0v) is 16.2. The Morgan fingerprint density at radius 2 is 2.27 bits per heavy atom. The fourth-order valence-electron chi connectivity index (χ4n) is 5.37. The van der Waals surface area contributed by atoms with Gasteiger partial charge in [-0.3, -0.25) is 0 Å². The van der Waals surface area contributed by atoms with Crippen LogP contribution < -0.4 is 21.7 Å². The Kier molecular flexibility index (Phi) is 6.31. The topological polar surface area (TPSA) is 65.3 Å². The predicted octanol–water partition coefficient (Wildman–Crippen LogP) is 1.19. The molecule has 0 saturated carbocycles. The minimum atomic E-state index is 0.577. The molecule has 0 bridgehead atoms. The Morgan fingerprint density at radius 1 is 1.31 bits per heavy atom. The van der Waals surface area contributed by atoms with E-state index in [1.54, 1.807) is 5.57 Å². The van der Waals surface area contributed by atoms with Crippen LogP contribution in [-0.2, 0) is 0 Å². The summed E-state index contributed by atoms with van der Waals surface area (Å²) in [6.45, 7) is 7.80. The van der Waals surface area contributed by atoms with Crippen LogP contribution in [0.4, 0.5) is 0 Å². The van der Waals surface area contributed by atoms with Gasteiger partial charge in [0.2, 0.25) is 0 Å². The first-order valence-electron chi connectivity index (χ1n) is 10.8. The van der Waals surface area contributed by atoms with Crippen LogP contribution in [0.15, 0.2) is 23.4 Å². The van der Waals surface area contributed by atoms with Crippen molar-refractivity contribution in [1.29, 1.82) is 0 Å². The van der Waals surface area contributed by atoms with Gasteiger partial charge in [-0.05, 0) is 76.2 Å². The highest BCUT2D eigenvalue weighted by atomic mass is 15.2. The number of piperidine rings is 1. The lowest BCUT2D eigenvalue weighted by Crippen LogP contribution is -2.48. The number of nitrogens with one attached hydrogen (secondary N) is 3. The van der Waals surface area contributed by atoms with Crippen LogP contribution in [0.1, 0.15) is 38.5 Å². The summed E-state index contributed by atoms with van der Waals surface area (Å²) in [4.78, 5) is 2.71. The normalized spacial score (nSPS) is 34.5. The number of allylic oxidation sites excluding steroid dienone is 1. The highest BCUT2D eigenvalue weighted by molar-refractivity contribution is 5.33. The molecule has 0 spiro atoms. The standard InChI is InChI=1S/C21H37N5/c22-8-4-9-23-12-16-5-3-10-26(14-16)15-17-11-19-18-6-1-2-7-20(18)25-21(19)13-24-17/h2,7,16-18,20,23-25H,1,3-6,8-15,22H2. The lowest BCUT2D eigenvalue weighted by atomic mass is 9.82. The molecule has 0 aromatic rings. The Labute approximate surface area is 158 Å². The van der Waals surface area contributed by atoms with E-state index in [2.05, 4.69) is 33.0 Å². The Bertz CT molecular complexity index is 528. The summed E-state index contributed by atoms with van der Waals surface area (Å²) in [6, 6.07) is 1.21. The minimum absolute atomic E-state index is 0.577. The van der Waals surface area contributed by atoms with E-state index in [1.807, 2.05) is 0 Å². The van der Waals surface area contributed by atoms with Gasteiger partial charge in [0, 0.05) is 37.3 Å². The maximum atomic E-state index is 5.58. The number of hydrogen-bond acceptors (Lipinski definition) is 5. The van der Waals surface area contributed by atoms with Gasteiger partial charge in [-0.25, -0.2) is 0 Å². The van der Waals surface area contributed by atoms with E-state index in [0.717, 1.165) is 44.4 Å². The first kappa shape index (κ1) is 18.5. The van der Waals surface area contributed by atoms with Gasteiger partial charge in [-0.1, -0.05) is 12.2 Å². The van der Waals surface area contributed by atoms with Crippen molar-refractivity contribution in [3.63, 3.8) is 0 Å². The molecule has 146 valence electrons. The maximum absolute atomic E-state index is 5.58. The molecule has 4 aliphatic rings. The average molecular weight is 360 g/mol. The molecule has 0 radical (unpaired) electrons. The van der Waals surface area contributed by atoms with Crippen molar-refractivity contribution < 1.29 is 0 Å². The third kappa shape index (κ3) is 4.33. The molecule has 5 heteroatoms. The molecule has 4 rings (SSSR count). The van der Waals surface area contributed by atoms with Gasteiger partial charge >= 0.3 is 0 Å². The maximum Gasteiger partial charge on any atom is 0.0508 e.